The fraction of sp³-hybridized carbons (Fsp3) is 0.154. The lowest BCUT2D eigenvalue weighted by atomic mass is 10.1. The van der Waals surface area contributed by atoms with Crippen LogP contribution in [0, 0.1) is 0 Å². The Morgan fingerprint density at radius 1 is 1.35 bits per heavy atom. The maximum atomic E-state index is 6.10. The minimum Gasteiger partial charge on any atom is -0.399 e. The van der Waals surface area contributed by atoms with Crippen LogP contribution < -0.4 is 11.1 Å². The quantitative estimate of drug-likeness (QED) is 0.817. The van der Waals surface area contributed by atoms with Crippen LogP contribution in [0.1, 0.15) is 18.5 Å². The number of nitrogens with one attached hydrogen (secondary N) is 1. The highest BCUT2D eigenvalue weighted by Gasteiger charge is 2.07. The molecule has 0 aliphatic rings. The van der Waals surface area contributed by atoms with Gasteiger partial charge in [-0.05, 0) is 36.8 Å². The van der Waals surface area contributed by atoms with Gasteiger partial charge in [-0.2, -0.15) is 0 Å². The number of nitrogens with two attached hydrogens (primary N) is 1. The molecule has 3 nitrogen and oxygen atoms in total. The van der Waals surface area contributed by atoms with E-state index in [2.05, 4.69) is 17.2 Å². The van der Waals surface area contributed by atoms with E-state index in [4.69, 9.17) is 17.3 Å². The van der Waals surface area contributed by atoms with Crippen molar-refractivity contribution in [3.8, 4) is 0 Å². The highest BCUT2D eigenvalue weighted by Crippen LogP contribution is 2.27. The van der Waals surface area contributed by atoms with E-state index in [-0.39, 0.29) is 6.04 Å². The van der Waals surface area contributed by atoms with Crippen molar-refractivity contribution in [3.63, 3.8) is 0 Å². The Morgan fingerprint density at radius 3 is 2.82 bits per heavy atom. The van der Waals surface area contributed by atoms with Gasteiger partial charge in [0.25, 0.3) is 0 Å². The zero-order valence-corrected chi connectivity index (χ0v) is 10.3. The second-order valence-electron chi connectivity index (χ2n) is 3.89. The standard InChI is InChI=1S/C13H14ClN3/c1-9(10-3-2-6-16-8-10)17-13-5-4-11(15)7-12(13)14/h2-9,17H,15H2,1H3. The summed E-state index contributed by atoms with van der Waals surface area (Å²) in [6.07, 6.45) is 3.59. The smallest absolute Gasteiger partial charge is 0.0658 e. The number of benzene rings is 1. The second kappa shape index (κ2) is 5.06. The van der Waals surface area contributed by atoms with Crippen molar-refractivity contribution in [1.82, 2.24) is 4.98 Å². The summed E-state index contributed by atoms with van der Waals surface area (Å²) in [6.45, 7) is 2.06. The third-order valence-electron chi connectivity index (χ3n) is 2.55. The van der Waals surface area contributed by atoms with Crippen LogP contribution in [0.25, 0.3) is 0 Å². The maximum Gasteiger partial charge on any atom is 0.0658 e. The molecule has 0 aliphatic carbocycles. The molecule has 0 saturated heterocycles. The molecule has 1 aromatic carbocycles. The van der Waals surface area contributed by atoms with E-state index in [1.54, 1.807) is 12.3 Å². The van der Waals surface area contributed by atoms with Gasteiger partial charge in [0.1, 0.15) is 0 Å². The molecule has 3 N–H and O–H groups in total. The summed E-state index contributed by atoms with van der Waals surface area (Å²) in [5.41, 5.74) is 8.29. The molecule has 17 heavy (non-hydrogen) atoms. The fourth-order valence-electron chi connectivity index (χ4n) is 1.60. The largest absolute Gasteiger partial charge is 0.399 e. The molecular formula is C13H14ClN3. The lowest BCUT2D eigenvalue weighted by Crippen LogP contribution is -2.07. The van der Waals surface area contributed by atoms with Crippen LogP contribution in [0.4, 0.5) is 11.4 Å². The number of hydrogen-bond acceptors (Lipinski definition) is 3. The molecule has 1 atom stereocenters. The second-order valence-corrected chi connectivity index (χ2v) is 4.30. The van der Waals surface area contributed by atoms with Crippen LogP contribution in [-0.2, 0) is 0 Å². The van der Waals surface area contributed by atoms with E-state index in [9.17, 15) is 0 Å². The van der Waals surface area contributed by atoms with Gasteiger partial charge in [-0.25, -0.2) is 0 Å². The van der Waals surface area contributed by atoms with Crippen molar-refractivity contribution >= 4 is 23.0 Å². The number of rotatable bonds is 3. The number of hydrogen-bond donors (Lipinski definition) is 2. The molecule has 88 valence electrons. The number of nitrogen functional groups attached to an aromatic ring is 1. The lowest BCUT2D eigenvalue weighted by molar-refractivity contribution is 0.876. The van der Waals surface area contributed by atoms with Crippen molar-refractivity contribution in [2.24, 2.45) is 0 Å². The van der Waals surface area contributed by atoms with Crippen molar-refractivity contribution in [1.29, 1.82) is 0 Å². The first kappa shape index (κ1) is 11.7. The highest BCUT2D eigenvalue weighted by atomic mass is 35.5. The first-order chi connectivity index (χ1) is 8.16. The number of nitrogens with zero attached hydrogens (tertiary/aromatic N) is 1. The molecular weight excluding hydrogens is 234 g/mol. The molecule has 0 radical (unpaired) electrons. The van der Waals surface area contributed by atoms with E-state index < -0.39 is 0 Å². The molecule has 1 unspecified atom stereocenters. The van der Waals surface area contributed by atoms with Crippen molar-refractivity contribution in [2.45, 2.75) is 13.0 Å². The van der Waals surface area contributed by atoms with Crippen LogP contribution in [0.2, 0.25) is 5.02 Å². The minimum atomic E-state index is 0.143. The predicted molar refractivity (Wildman–Crippen MR) is 72.1 cm³/mol. The average molecular weight is 248 g/mol. The molecule has 0 aliphatic heterocycles. The molecule has 1 aromatic heterocycles. The van der Waals surface area contributed by atoms with Gasteiger partial charge < -0.3 is 11.1 Å². The highest BCUT2D eigenvalue weighted by molar-refractivity contribution is 6.33. The monoisotopic (exact) mass is 247 g/mol. The summed E-state index contributed by atoms with van der Waals surface area (Å²) in [4.78, 5) is 4.09. The SMILES string of the molecule is CC(Nc1ccc(N)cc1Cl)c1cccnc1. The van der Waals surface area contributed by atoms with Crippen LogP contribution in [0.15, 0.2) is 42.7 Å². The summed E-state index contributed by atoms with van der Waals surface area (Å²) in [7, 11) is 0. The molecule has 2 aromatic rings. The molecule has 0 saturated carbocycles. The van der Waals surface area contributed by atoms with Gasteiger partial charge in [0.05, 0.1) is 16.8 Å². The van der Waals surface area contributed by atoms with E-state index >= 15 is 0 Å². The number of pyridine rings is 1. The molecule has 0 amide bonds. The summed E-state index contributed by atoms with van der Waals surface area (Å²) < 4.78 is 0. The third-order valence-corrected chi connectivity index (χ3v) is 2.86. The van der Waals surface area contributed by atoms with E-state index in [0.717, 1.165) is 11.3 Å². The third kappa shape index (κ3) is 2.88. The fourth-order valence-corrected chi connectivity index (χ4v) is 1.84. The molecule has 0 bridgehead atoms. The maximum absolute atomic E-state index is 6.10. The van der Waals surface area contributed by atoms with E-state index in [0.29, 0.717) is 10.7 Å². The number of aromatic nitrogens is 1. The Balaban J connectivity index is 2.16. The number of halogens is 1. The topological polar surface area (TPSA) is 50.9 Å². The number of anilines is 2. The van der Waals surface area contributed by atoms with Gasteiger partial charge in [0.2, 0.25) is 0 Å². The van der Waals surface area contributed by atoms with Crippen molar-refractivity contribution in [2.75, 3.05) is 11.1 Å². The van der Waals surface area contributed by atoms with Gasteiger partial charge in [-0.15, -0.1) is 0 Å². The summed E-state index contributed by atoms with van der Waals surface area (Å²) in [5, 5.41) is 3.95. The average Bonchev–Trinajstić information content (AvgIpc) is 2.34. The predicted octanol–water partition coefficient (Wildman–Crippen LogP) is 3.49. The van der Waals surface area contributed by atoms with Crippen molar-refractivity contribution < 1.29 is 0 Å². The molecule has 1 heterocycles. The molecule has 0 fully saturated rings. The zero-order valence-electron chi connectivity index (χ0n) is 9.52. The summed E-state index contributed by atoms with van der Waals surface area (Å²) in [5.74, 6) is 0. The van der Waals surface area contributed by atoms with Gasteiger partial charge >= 0.3 is 0 Å². The van der Waals surface area contributed by atoms with E-state index in [1.807, 2.05) is 30.5 Å². The Kier molecular flexibility index (Phi) is 3.49. The van der Waals surface area contributed by atoms with Crippen LogP contribution in [0.5, 0.6) is 0 Å². The first-order valence-electron chi connectivity index (χ1n) is 5.38. The van der Waals surface area contributed by atoms with Gasteiger partial charge in [0, 0.05) is 18.1 Å². The Bertz CT molecular complexity index is 499. The molecule has 4 heteroatoms. The molecule has 2 rings (SSSR count). The molecule has 0 spiro atoms. The van der Waals surface area contributed by atoms with Gasteiger partial charge in [-0.1, -0.05) is 17.7 Å². The van der Waals surface area contributed by atoms with E-state index in [1.165, 1.54) is 0 Å². The van der Waals surface area contributed by atoms with Gasteiger partial charge in [0.15, 0.2) is 0 Å². The van der Waals surface area contributed by atoms with Crippen LogP contribution in [0.3, 0.4) is 0 Å². The Hall–Kier alpha value is -1.74. The minimum absolute atomic E-state index is 0.143. The Morgan fingerprint density at radius 2 is 2.18 bits per heavy atom. The normalized spacial score (nSPS) is 12.1. The van der Waals surface area contributed by atoms with Crippen LogP contribution >= 0.6 is 11.6 Å². The van der Waals surface area contributed by atoms with Crippen LogP contribution in [-0.4, -0.2) is 4.98 Å². The zero-order chi connectivity index (χ0) is 12.3. The van der Waals surface area contributed by atoms with Crippen molar-refractivity contribution in [3.05, 3.63) is 53.3 Å². The summed E-state index contributed by atoms with van der Waals surface area (Å²) in [6, 6.07) is 9.52. The first-order valence-corrected chi connectivity index (χ1v) is 5.76. The van der Waals surface area contributed by atoms with Gasteiger partial charge in [-0.3, -0.25) is 4.98 Å². The Labute approximate surface area is 106 Å². The lowest BCUT2D eigenvalue weighted by Gasteiger charge is -2.16. The summed E-state index contributed by atoms with van der Waals surface area (Å²) >= 11 is 6.10.